The molecule has 1 aromatic rings. The second kappa shape index (κ2) is 14.2. The Morgan fingerprint density at radius 3 is 2.77 bits per heavy atom. The van der Waals surface area contributed by atoms with Gasteiger partial charge in [0.25, 0.3) is 0 Å². The number of aliphatic imine (C=N–C) groups is 1. The summed E-state index contributed by atoms with van der Waals surface area (Å²) >= 11 is 0. The van der Waals surface area contributed by atoms with E-state index >= 15 is 0 Å². The van der Waals surface area contributed by atoms with Crippen LogP contribution in [-0.2, 0) is 9.47 Å². The molecule has 170 valence electrons. The molecule has 1 saturated heterocycles. The number of guanidine groups is 1. The van der Waals surface area contributed by atoms with Crippen molar-refractivity contribution in [3.63, 3.8) is 0 Å². The Labute approximate surface area is 182 Å². The summed E-state index contributed by atoms with van der Waals surface area (Å²) in [6, 6.07) is 8.51. The summed E-state index contributed by atoms with van der Waals surface area (Å²) in [5, 5.41) is 6.79. The van der Waals surface area contributed by atoms with Crippen molar-refractivity contribution >= 4 is 5.96 Å². The third-order valence-corrected chi connectivity index (χ3v) is 5.35. The van der Waals surface area contributed by atoms with Gasteiger partial charge in [-0.25, -0.2) is 0 Å². The molecule has 2 rings (SSSR count). The fourth-order valence-corrected chi connectivity index (χ4v) is 3.64. The molecule has 1 aromatic carbocycles. The number of rotatable bonds is 13. The number of nitrogens with zero attached hydrogens (tertiary/aromatic N) is 2. The summed E-state index contributed by atoms with van der Waals surface area (Å²) in [7, 11) is 1.71. The van der Waals surface area contributed by atoms with Gasteiger partial charge in [-0.05, 0) is 50.6 Å². The highest BCUT2D eigenvalue weighted by molar-refractivity contribution is 5.79. The molecular weight excluding hydrogens is 380 g/mol. The molecule has 0 aromatic heterocycles. The van der Waals surface area contributed by atoms with Gasteiger partial charge in [-0.15, -0.1) is 0 Å². The standard InChI is InChI=1S/C23H40N4O3/c1-5-24-23(25-13-9-14-30-21-12-15-29-18-21)26-17-22(27(6-2)7-3)19-10-8-11-20(16-19)28-4/h8,10-11,16,21-22H,5-7,9,12-15,17-18H2,1-4H3,(H2,24,25,26). The van der Waals surface area contributed by atoms with Crippen molar-refractivity contribution in [2.45, 2.75) is 45.8 Å². The zero-order valence-corrected chi connectivity index (χ0v) is 19.2. The summed E-state index contributed by atoms with van der Waals surface area (Å²) in [5.41, 5.74) is 1.23. The minimum Gasteiger partial charge on any atom is -0.497 e. The van der Waals surface area contributed by atoms with Crippen molar-refractivity contribution in [1.82, 2.24) is 15.5 Å². The van der Waals surface area contributed by atoms with Crippen molar-refractivity contribution in [2.24, 2.45) is 4.99 Å². The van der Waals surface area contributed by atoms with Gasteiger partial charge in [0.1, 0.15) is 5.75 Å². The highest BCUT2D eigenvalue weighted by Crippen LogP contribution is 2.24. The maximum absolute atomic E-state index is 5.84. The summed E-state index contributed by atoms with van der Waals surface area (Å²) < 4.78 is 16.6. The van der Waals surface area contributed by atoms with Crippen molar-refractivity contribution in [2.75, 3.05) is 59.7 Å². The van der Waals surface area contributed by atoms with Gasteiger partial charge in [0.05, 0.1) is 32.4 Å². The van der Waals surface area contributed by atoms with E-state index in [1.807, 2.05) is 12.1 Å². The predicted octanol–water partition coefficient (Wildman–Crippen LogP) is 2.83. The first kappa shape index (κ1) is 24.4. The molecule has 0 spiro atoms. The monoisotopic (exact) mass is 420 g/mol. The number of nitrogens with one attached hydrogen (secondary N) is 2. The topological polar surface area (TPSA) is 67.4 Å². The summed E-state index contributed by atoms with van der Waals surface area (Å²) in [6.07, 6.45) is 2.22. The zero-order chi connectivity index (χ0) is 21.6. The average molecular weight is 421 g/mol. The third kappa shape index (κ3) is 8.13. The van der Waals surface area contributed by atoms with E-state index in [0.29, 0.717) is 6.54 Å². The van der Waals surface area contributed by atoms with Crippen molar-refractivity contribution in [3.05, 3.63) is 29.8 Å². The molecule has 7 nitrogen and oxygen atoms in total. The highest BCUT2D eigenvalue weighted by atomic mass is 16.5. The molecule has 1 fully saturated rings. The van der Waals surface area contributed by atoms with E-state index in [9.17, 15) is 0 Å². The van der Waals surface area contributed by atoms with E-state index in [2.05, 4.69) is 48.4 Å². The first-order valence-electron chi connectivity index (χ1n) is 11.3. The third-order valence-electron chi connectivity index (χ3n) is 5.35. The number of likely N-dealkylation sites (N-methyl/N-ethyl adjacent to an activating group) is 1. The SMILES string of the molecule is CCNC(=NCC(c1cccc(OC)c1)N(CC)CC)NCCCOC1CCOC1. The number of ether oxygens (including phenoxy) is 3. The maximum Gasteiger partial charge on any atom is 0.191 e. The van der Waals surface area contributed by atoms with Crippen LogP contribution in [0.5, 0.6) is 5.75 Å². The number of hydrogen-bond donors (Lipinski definition) is 2. The van der Waals surface area contributed by atoms with Gasteiger partial charge < -0.3 is 24.8 Å². The van der Waals surface area contributed by atoms with Crippen LogP contribution in [0.2, 0.25) is 0 Å². The van der Waals surface area contributed by atoms with Crippen molar-refractivity contribution < 1.29 is 14.2 Å². The van der Waals surface area contributed by atoms with Crippen LogP contribution in [0.3, 0.4) is 0 Å². The Morgan fingerprint density at radius 2 is 2.10 bits per heavy atom. The lowest BCUT2D eigenvalue weighted by Gasteiger charge is -2.29. The van der Waals surface area contributed by atoms with Crippen LogP contribution in [0.25, 0.3) is 0 Å². The van der Waals surface area contributed by atoms with Gasteiger partial charge in [0, 0.05) is 26.3 Å². The van der Waals surface area contributed by atoms with Gasteiger partial charge in [-0.3, -0.25) is 9.89 Å². The lowest BCUT2D eigenvalue weighted by atomic mass is 10.0. The van der Waals surface area contributed by atoms with E-state index in [0.717, 1.165) is 70.6 Å². The lowest BCUT2D eigenvalue weighted by molar-refractivity contribution is 0.0420. The quantitative estimate of drug-likeness (QED) is 0.291. The largest absolute Gasteiger partial charge is 0.497 e. The molecule has 2 N–H and O–H groups in total. The van der Waals surface area contributed by atoms with Crippen LogP contribution in [-0.4, -0.2) is 76.6 Å². The van der Waals surface area contributed by atoms with Gasteiger partial charge >= 0.3 is 0 Å². The van der Waals surface area contributed by atoms with Crippen LogP contribution < -0.4 is 15.4 Å². The molecule has 1 aliphatic rings. The van der Waals surface area contributed by atoms with Crippen molar-refractivity contribution in [1.29, 1.82) is 0 Å². The van der Waals surface area contributed by atoms with Crippen LogP contribution in [0.1, 0.15) is 45.2 Å². The zero-order valence-electron chi connectivity index (χ0n) is 19.2. The fraction of sp³-hybridized carbons (Fsp3) is 0.696. The minimum absolute atomic E-state index is 0.205. The van der Waals surface area contributed by atoms with E-state index < -0.39 is 0 Å². The molecule has 7 heteroatoms. The fourth-order valence-electron chi connectivity index (χ4n) is 3.64. The molecule has 30 heavy (non-hydrogen) atoms. The lowest BCUT2D eigenvalue weighted by Crippen LogP contribution is -2.39. The van der Waals surface area contributed by atoms with Crippen LogP contribution >= 0.6 is 0 Å². The second-order valence-electron chi connectivity index (χ2n) is 7.37. The van der Waals surface area contributed by atoms with Crippen molar-refractivity contribution in [3.8, 4) is 5.75 Å². The van der Waals surface area contributed by atoms with Gasteiger partial charge in [0.15, 0.2) is 5.96 Å². The maximum atomic E-state index is 5.84. The second-order valence-corrected chi connectivity index (χ2v) is 7.37. The molecular formula is C23H40N4O3. The Bertz CT molecular complexity index is 616. The Morgan fingerprint density at radius 1 is 1.27 bits per heavy atom. The molecule has 0 saturated carbocycles. The Kier molecular flexibility index (Phi) is 11.6. The van der Waals surface area contributed by atoms with Gasteiger partial charge in [-0.1, -0.05) is 26.0 Å². The number of hydrogen-bond acceptors (Lipinski definition) is 5. The molecule has 1 aliphatic heterocycles. The Balaban J connectivity index is 1.94. The number of methoxy groups -OCH3 is 1. The van der Waals surface area contributed by atoms with Crippen LogP contribution in [0.4, 0.5) is 0 Å². The first-order chi connectivity index (χ1) is 14.7. The van der Waals surface area contributed by atoms with Crippen LogP contribution in [0.15, 0.2) is 29.3 Å². The molecule has 2 atom stereocenters. The summed E-state index contributed by atoms with van der Waals surface area (Å²) in [6.45, 7) is 13.1. The predicted molar refractivity (Wildman–Crippen MR) is 122 cm³/mol. The first-order valence-corrected chi connectivity index (χ1v) is 11.3. The number of benzene rings is 1. The summed E-state index contributed by atoms with van der Waals surface area (Å²) in [5.74, 6) is 1.73. The molecule has 0 aliphatic carbocycles. The highest BCUT2D eigenvalue weighted by Gasteiger charge is 2.19. The smallest absolute Gasteiger partial charge is 0.191 e. The van der Waals surface area contributed by atoms with E-state index in [4.69, 9.17) is 19.2 Å². The summed E-state index contributed by atoms with van der Waals surface area (Å²) in [4.78, 5) is 7.32. The van der Waals surface area contributed by atoms with Gasteiger partial charge in [-0.2, -0.15) is 0 Å². The molecule has 1 heterocycles. The molecule has 0 radical (unpaired) electrons. The molecule has 0 bridgehead atoms. The van der Waals surface area contributed by atoms with E-state index in [1.54, 1.807) is 7.11 Å². The Hall–Kier alpha value is -1.83. The molecule has 2 unspecified atom stereocenters. The normalized spacial score (nSPS) is 17.9. The molecule has 0 amide bonds. The average Bonchev–Trinajstić information content (AvgIpc) is 3.29. The van der Waals surface area contributed by atoms with E-state index in [-0.39, 0.29) is 12.1 Å². The van der Waals surface area contributed by atoms with Crippen LogP contribution in [0, 0.1) is 0 Å². The van der Waals surface area contributed by atoms with E-state index in [1.165, 1.54) is 5.56 Å². The minimum atomic E-state index is 0.205. The van der Waals surface area contributed by atoms with Gasteiger partial charge in [0.2, 0.25) is 0 Å².